The minimum atomic E-state index is 0.0495. The second kappa shape index (κ2) is 7.47. The average Bonchev–Trinajstić information content (AvgIpc) is 3.26. The molecule has 1 N–H and O–H groups in total. The summed E-state index contributed by atoms with van der Waals surface area (Å²) >= 11 is 1.55. The molecule has 2 aromatic heterocycles. The molecular formula is C16H25N5OS. The van der Waals surface area contributed by atoms with Crippen molar-refractivity contribution in [3.8, 4) is 0 Å². The molecule has 2 heterocycles. The second-order valence-electron chi connectivity index (χ2n) is 6.66. The molecule has 0 aromatic carbocycles. The van der Waals surface area contributed by atoms with E-state index in [9.17, 15) is 0 Å². The van der Waals surface area contributed by atoms with Crippen molar-refractivity contribution in [1.29, 1.82) is 0 Å². The van der Waals surface area contributed by atoms with Crippen LogP contribution in [0.1, 0.15) is 81.6 Å². The first-order valence-corrected chi connectivity index (χ1v) is 9.41. The maximum atomic E-state index is 5.33. The van der Waals surface area contributed by atoms with Gasteiger partial charge in [-0.2, -0.15) is 4.98 Å². The zero-order chi connectivity index (χ0) is 16.2. The predicted octanol–water partition coefficient (Wildman–Crippen LogP) is 4.29. The third-order valence-electron chi connectivity index (χ3n) is 4.38. The van der Waals surface area contributed by atoms with Gasteiger partial charge in [-0.15, -0.1) is 5.10 Å². The first kappa shape index (κ1) is 16.5. The number of nitrogens with zero attached hydrogens (tertiary/aromatic N) is 4. The molecule has 1 aliphatic carbocycles. The molecule has 0 aliphatic heterocycles. The Labute approximate surface area is 141 Å². The highest BCUT2D eigenvalue weighted by Gasteiger charge is 2.20. The van der Waals surface area contributed by atoms with Crippen molar-refractivity contribution in [2.45, 2.75) is 75.6 Å². The Morgan fingerprint density at radius 3 is 2.70 bits per heavy atom. The Morgan fingerprint density at radius 1 is 1.22 bits per heavy atom. The van der Waals surface area contributed by atoms with Crippen LogP contribution in [0.3, 0.4) is 0 Å². The number of hydrogen-bond donors (Lipinski definition) is 1. The summed E-state index contributed by atoms with van der Waals surface area (Å²) in [5.41, 5.74) is 0. The summed E-state index contributed by atoms with van der Waals surface area (Å²) in [6, 6.07) is 0. The largest absolute Gasteiger partial charge is 0.338 e. The summed E-state index contributed by atoms with van der Waals surface area (Å²) in [6.07, 6.45) is 7.75. The molecule has 0 spiro atoms. The standard InChI is InChI=1S/C16H25N5OS/c1-10(2)14-18-15(22-21-14)11(3)23-16-17-13(19-20-16)9-8-12-6-4-5-7-12/h10-12H,4-9H2,1-3H3,(H,17,19,20). The van der Waals surface area contributed by atoms with E-state index >= 15 is 0 Å². The molecule has 0 saturated heterocycles. The molecule has 1 fully saturated rings. The van der Waals surface area contributed by atoms with E-state index in [1.54, 1.807) is 11.8 Å². The normalized spacial score (nSPS) is 17.2. The van der Waals surface area contributed by atoms with Crippen molar-refractivity contribution < 1.29 is 4.52 Å². The van der Waals surface area contributed by atoms with Gasteiger partial charge >= 0.3 is 0 Å². The highest BCUT2D eigenvalue weighted by Crippen LogP contribution is 2.32. The molecule has 3 rings (SSSR count). The van der Waals surface area contributed by atoms with Crippen LogP contribution in [-0.4, -0.2) is 25.3 Å². The van der Waals surface area contributed by atoms with Crippen LogP contribution in [0, 0.1) is 5.92 Å². The Morgan fingerprint density at radius 2 is 2.00 bits per heavy atom. The summed E-state index contributed by atoms with van der Waals surface area (Å²) in [4.78, 5) is 9.02. The molecule has 1 saturated carbocycles. The fourth-order valence-corrected chi connectivity index (χ4v) is 3.71. The minimum Gasteiger partial charge on any atom is -0.338 e. The minimum absolute atomic E-state index is 0.0495. The van der Waals surface area contributed by atoms with Gasteiger partial charge in [0.05, 0.1) is 5.25 Å². The summed E-state index contributed by atoms with van der Waals surface area (Å²) < 4.78 is 5.33. The van der Waals surface area contributed by atoms with Crippen molar-refractivity contribution in [3.63, 3.8) is 0 Å². The van der Waals surface area contributed by atoms with E-state index in [0.717, 1.165) is 29.1 Å². The van der Waals surface area contributed by atoms with Gasteiger partial charge < -0.3 is 4.52 Å². The molecule has 126 valence electrons. The lowest BCUT2D eigenvalue weighted by Gasteiger charge is -2.05. The Hall–Kier alpha value is -1.37. The van der Waals surface area contributed by atoms with Crippen LogP contribution in [0.25, 0.3) is 0 Å². The van der Waals surface area contributed by atoms with Gasteiger partial charge in [0.25, 0.3) is 0 Å². The van der Waals surface area contributed by atoms with Gasteiger partial charge in [0, 0.05) is 12.3 Å². The molecule has 2 aromatic rings. The zero-order valence-corrected chi connectivity index (χ0v) is 14.9. The summed E-state index contributed by atoms with van der Waals surface area (Å²) in [5, 5.41) is 12.2. The lowest BCUT2D eigenvalue weighted by atomic mass is 10.0. The van der Waals surface area contributed by atoms with E-state index in [-0.39, 0.29) is 11.2 Å². The van der Waals surface area contributed by atoms with Gasteiger partial charge in [0.2, 0.25) is 11.0 Å². The van der Waals surface area contributed by atoms with E-state index in [1.807, 2.05) is 6.92 Å². The van der Waals surface area contributed by atoms with E-state index in [4.69, 9.17) is 4.52 Å². The Balaban J connectivity index is 1.52. The molecular weight excluding hydrogens is 310 g/mol. The first-order chi connectivity index (χ1) is 11.1. The van der Waals surface area contributed by atoms with Crippen molar-refractivity contribution in [2.75, 3.05) is 0 Å². The van der Waals surface area contributed by atoms with Crippen molar-refractivity contribution >= 4 is 11.8 Å². The van der Waals surface area contributed by atoms with Crippen LogP contribution in [0.15, 0.2) is 9.68 Å². The average molecular weight is 335 g/mol. The van der Waals surface area contributed by atoms with E-state index in [2.05, 4.69) is 39.2 Å². The number of nitrogens with one attached hydrogen (secondary N) is 1. The van der Waals surface area contributed by atoms with Gasteiger partial charge in [-0.3, -0.25) is 5.10 Å². The van der Waals surface area contributed by atoms with Crippen LogP contribution in [0.4, 0.5) is 0 Å². The Bertz CT molecular complexity index is 618. The molecule has 0 amide bonds. The van der Waals surface area contributed by atoms with E-state index < -0.39 is 0 Å². The van der Waals surface area contributed by atoms with Gasteiger partial charge in [-0.25, -0.2) is 4.98 Å². The quantitative estimate of drug-likeness (QED) is 0.760. The van der Waals surface area contributed by atoms with Crippen molar-refractivity contribution in [3.05, 3.63) is 17.5 Å². The fraction of sp³-hybridized carbons (Fsp3) is 0.750. The maximum absolute atomic E-state index is 5.33. The molecule has 0 radical (unpaired) electrons. The number of rotatable bonds is 7. The van der Waals surface area contributed by atoms with Gasteiger partial charge in [0.15, 0.2) is 5.82 Å². The number of thioether (sulfide) groups is 1. The maximum Gasteiger partial charge on any atom is 0.239 e. The van der Waals surface area contributed by atoms with Gasteiger partial charge in [-0.05, 0) is 19.3 Å². The lowest BCUT2D eigenvalue weighted by molar-refractivity contribution is 0.373. The van der Waals surface area contributed by atoms with Crippen LogP contribution in [0.5, 0.6) is 0 Å². The molecule has 1 aliphatic rings. The molecule has 1 atom stereocenters. The fourth-order valence-electron chi connectivity index (χ4n) is 2.94. The molecule has 1 unspecified atom stereocenters. The lowest BCUT2D eigenvalue weighted by Crippen LogP contribution is -1.97. The SMILES string of the molecule is CC(C)c1noc(C(C)Sc2n[nH]c(CCC3CCCC3)n2)n1. The van der Waals surface area contributed by atoms with Crippen molar-refractivity contribution in [2.24, 2.45) is 5.92 Å². The monoisotopic (exact) mass is 335 g/mol. The smallest absolute Gasteiger partial charge is 0.239 e. The number of aromatic nitrogens is 5. The summed E-state index contributed by atoms with van der Waals surface area (Å²) in [5.74, 6) is 3.52. The molecule has 7 heteroatoms. The first-order valence-electron chi connectivity index (χ1n) is 8.53. The highest BCUT2D eigenvalue weighted by atomic mass is 32.2. The molecule has 6 nitrogen and oxygen atoms in total. The number of H-pyrrole nitrogens is 1. The van der Waals surface area contributed by atoms with Crippen molar-refractivity contribution in [1.82, 2.24) is 25.3 Å². The van der Waals surface area contributed by atoms with Crippen LogP contribution < -0.4 is 0 Å². The third kappa shape index (κ3) is 4.34. The summed E-state index contributed by atoms with van der Waals surface area (Å²) in [7, 11) is 0. The molecule has 23 heavy (non-hydrogen) atoms. The predicted molar refractivity (Wildman–Crippen MR) is 89.3 cm³/mol. The number of aromatic amines is 1. The third-order valence-corrected chi connectivity index (χ3v) is 5.33. The summed E-state index contributed by atoms with van der Waals surface area (Å²) in [6.45, 7) is 6.15. The van der Waals surface area contributed by atoms with Gasteiger partial charge in [0.1, 0.15) is 5.82 Å². The number of aryl methyl sites for hydroxylation is 1. The topological polar surface area (TPSA) is 80.5 Å². The van der Waals surface area contributed by atoms with Crippen LogP contribution >= 0.6 is 11.8 Å². The van der Waals surface area contributed by atoms with Crippen LogP contribution in [0.2, 0.25) is 0 Å². The second-order valence-corrected chi connectivity index (χ2v) is 7.97. The number of hydrogen-bond acceptors (Lipinski definition) is 6. The highest BCUT2D eigenvalue weighted by molar-refractivity contribution is 7.99. The Kier molecular flexibility index (Phi) is 5.35. The molecule has 0 bridgehead atoms. The van der Waals surface area contributed by atoms with Gasteiger partial charge in [-0.1, -0.05) is 56.4 Å². The van der Waals surface area contributed by atoms with Crippen LogP contribution in [-0.2, 0) is 6.42 Å². The van der Waals surface area contributed by atoms with E-state index in [1.165, 1.54) is 32.1 Å². The zero-order valence-electron chi connectivity index (χ0n) is 14.1. The van der Waals surface area contributed by atoms with E-state index in [0.29, 0.717) is 5.89 Å².